The molecule has 2 aliphatic heterocycles. The van der Waals surface area contributed by atoms with Gasteiger partial charge >= 0.3 is 0 Å². The summed E-state index contributed by atoms with van der Waals surface area (Å²) < 4.78 is 0. The van der Waals surface area contributed by atoms with Crippen LogP contribution < -0.4 is 10.2 Å². The van der Waals surface area contributed by atoms with Gasteiger partial charge in [0.1, 0.15) is 0 Å². The fourth-order valence-electron chi connectivity index (χ4n) is 2.94. The molecule has 0 saturated carbocycles. The predicted octanol–water partition coefficient (Wildman–Crippen LogP) is 2.10. The number of nitrogens with zero attached hydrogens (tertiary/aromatic N) is 1. The third-order valence-corrected chi connectivity index (χ3v) is 3.99. The Bertz CT molecular complexity index is 386. The molecule has 15 heavy (non-hydrogen) atoms. The molecule has 0 saturated heterocycles. The third-order valence-electron chi connectivity index (χ3n) is 3.99. The Morgan fingerprint density at radius 3 is 3.07 bits per heavy atom. The van der Waals surface area contributed by atoms with Crippen molar-refractivity contribution in [3.8, 4) is 0 Å². The minimum atomic E-state index is 0.654. The summed E-state index contributed by atoms with van der Waals surface area (Å²) in [4.78, 5) is 2.58. The normalized spacial score (nSPS) is 28.8. The Labute approximate surface area is 91.3 Å². The van der Waals surface area contributed by atoms with Crippen molar-refractivity contribution >= 4 is 5.69 Å². The number of nitrogens with one attached hydrogen (secondary N) is 1. The number of anilines is 1. The molecule has 2 heteroatoms. The van der Waals surface area contributed by atoms with Crippen LogP contribution in [0.4, 0.5) is 5.69 Å². The van der Waals surface area contributed by atoms with Gasteiger partial charge in [0.2, 0.25) is 0 Å². The molecule has 3 rings (SSSR count). The molecule has 1 aromatic carbocycles. The maximum atomic E-state index is 3.49. The van der Waals surface area contributed by atoms with E-state index in [0.717, 1.165) is 19.6 Å². The second kappa shape index (κ2) is 3.24. The zero-order valence-electron chi connectivity index (χ0n) is 9.46. The summed E-state index contributed by atoms with van der Waals surface area (Å²) in [5.41, 5.74) is 4.53. The van der Waals surface area contributed by atoms with E-state index in [1.165, 1.54) is 11.3 Å². The predicted molar refractivity (Wildman–Crippen MR) is 63.4 cm³/mol. The van der Waals surface area contributed by atoms with Gasteiger partial charge in [0.05, 0.1) is 0 Å². The Morgan fingerprint density at radius 2 is 2.20 bits per heavy atom. The van der Waals surface area contributed by atoms with E-state index >= 15 is 0 Å². The van der Waals surface area contributed by atoms with Crippen LogP contribution in [-0.2, 0) is 6.54 Å². The van der Waals surface area contributed by atoms with Crippen LogP contribution in [-0.4, -0.2) is 19.1 Å². The van der Waals surface area contributed by atoms with Crippen molar-refractivity contribution in [2.24, 2.45) is 0 Å². The van der Waals surface area contributed by atoms with Gasteiger partial charge in [-0.3, -0.25) is 0 Å². The average Bonchev–Trinajstić information content (AvgIpc) is 2.45. The molecule has 0 amide bonds. The lowest BCUT2D eigenvalue weighted by atomic mass is 9.97. The molecule has 80 valence electrons. The highest BCUT2D eigenvalue weighted by Gasteiger charge is 2.34. The lowest BCUT2D eigenvalue weighted by Crippen LogP contribution is -2.34. The second-order valence-electron chi connectivity index (χ2n) is 4.75. The Morgan fingerprint density at radius 1 is 1.33 bits per heavy atom. The van der Waals surface area contributed by atoms with Crippen LogP contribution in [0.2, 0.25) is 0 Å². The molecule has 0 radical (unpaired) electrons. The van der Waals surface area contributed by atoms with Gasteiger partial charge < -0.3 is 10.2 Å². The van der Waals surface area contributed by atoms with E-state index in [4.69, 9.17) is 0 Å². The summed E-state index contributed by atoms with van der Waals surface area (Å²) in [7, 11) is 0. The lowest BCUT2D eigenvalue weighted by Gasteiger charge is -2.25. The van der Waals surface area contributed by atoms with Crippen LogP contribution in [0.3, 0.4) is 0 Å². The van der Waals surface area contributed by atoms with Crippen molar-refractivity contribution in [2.45, 2.75) is 32.4 Å². The molecule has 0 unspecified atom stereocenters. The molecular formula is C13H18N2. The second-order valence-corrected chi connectivity index (χ2v) is 4.75. The minimum Gasteiger partial charge on any atom is -0.366 e. The van der Waals surface area contributed by atoms with Gasteiger partial charge in [0.15, 0.2) is 0 Å². The number of benzene rings is 1. The molecule has 0 fully saturated rings. The molecule has 0 bridgehead atoms. The highest BCUT2D eigenvalue weighted by molar-refractivity contribution is 5.66. The molecule has 0 aliphatic carbocycles. The zero-order chi connectivity index (χ0) is 10.4. The first kappa shape index (κ1) is 9.22. The average molecular weight is 202 g/mol. The van der Waals surface area contributed by atoms with Gasteiger partial charge in [-0.05, 0) is 18.1 Å². The molecule has 0 aromatic heterocycles. The molecule has 2 aliphatic rings. The maximum Gasteiger partial charge on any atom is 0.0450 e. The standard InChI is InChI=1S/C13H18N2/c1-9-10(2)15-7-6-14-8-11-4-3-5-12(9)13(11)15/h3-5,9-10,14H,6-8H2,1-2H3/t9-,10+/m0/s1. The van der Waals surface area contributed by atoms with Crippen molar-refractivity contribution in [1.82, 2.24) is 5.32 Å². The highest BCUT2D eigenvalue weighted by Crippen LogP contribution is 2.43. The van der Waals surface area contributed by atoms with Crippen LogP contribution in [0.5, 0.6) is 0 Å². The van der Waals surface area contributed by atoms with Crippen LogP contribution in [0, 0.1) is 0 Å². The first-order valence-corrected chi connectivity index (χ1v) is 5.88. The number of rotatable bonds is 0. The van der Waals surface area contributed by atoms with E-state index in [2.05, 4.69) is 42.3 Å². The summed E-state index contributed by atoms with van der Waals surface area (Å²) in [5, 5.41) is 3.49. The summed E-state index contributed by atoms with van der Waals surface area (Å²) in [6, 6.07) is 7.41. The van der Waals surface area contributed by atoms with Crippen LogP contribution in [0.25, 0.3) is 0 Å². The van der Waals surface area contributed by atoms with E-state index in [1.54, 1.807) is 5.56 Å². The van der Waals surface area contributed by atoms with E-state index in [9.17, 15) is 0 Å². The summed E-state index contributed by atoms with van der Waals surface area (Å²) >= 11 is 0. The van der Waals surface area contributed by atoms with Crippen molar-refractivity contribution in [3.05, 3.63) is 29.3 Å². The van der Waals surface area contributed by atoms with E-state index in [0.29, 0.717) is 12.0 Å². The fraction of sp³-hybridized carbons (Fsp3) is 0.538. The number of para-hydroxylation sites is 1. The highest BCUT2D eigenvalue weighted by atomic mass is 15.2. The zero-order valence-corrected chi connectivity index (χ0v) is 9.46. The Balaban J connectivity index is 2.19. The van der Waals surface area contributed by atoms with Crippen molar-refractivity contribution in [3.63, 3.8) is 0 Å². The van der Waals surface area contributed by atoms with Crippen molar-refractivity contribution in [2.75, 3.05) is 18.0 Å². The van der Waals surface area contributed by atoms with E-state index in [1.807, 2.05) is 0 Å². The maximum absolute atomic E-state index is 3.49. The van der Waals surface area contributed by atoms with Crippen molar-refractivity contribution < 1.29 is 0 Å². The van der Waals surface area contributed by atoms with Gasteiger partial charge in [-0.15, -0.1) is 0 Å². The molecule has 2 heterocycles. The summed E-state index contributed by atoms with van der Waals surface area (Å²) in [5.74, 6) is 0.679. The van der Waals surface area contributed by atoms with Crippen LogP contribution >= 0.6 is 0 Å². The number of hydrogen-bond acceptors (Lipinski definition) is 2. The van der Waals surface area contributed by atoms with Crippen LogP contribution in [0.15, 0.2) is 18.2 Å². The van der Waals surface area contributed by atoms with E-state index < -0.39 is 0 Å². The molecule has 1 N–H and O–H groups in total. The Hall–Kier alpha value is -1.02. The molecule has 0 spiro atoms. The lowest BCUT2D eigenvalue weighted by molar-refractivity contribution is 0.580. The van der Waals surface area contributed by atoms with Gasteiger partial charge in [-0.2, -0.15) is 0 Å². The third kappa shape index (κ3) is 1.21. The van der Waals surface area contributed by atoms with Gasteiger partial charge in [-0.25, -0.2) is 0 Å². The molecule has 1 aromatic rings. The van der Waals surface area contributed by atoms with Crippen molar-refractivity contribution in [1.29, 1.82) is 0 Å². The first-order chi connectivity index (χ1) is 7.29. The molecule has 2 atom stereocenters. The monoisotopic (exact) mass is 202 g/mol. The topological polar surface area (TPSA) is 15.3 Å². The molecule has 2 nitrogen and oxygen atoms in total. The van der Waals surface area contributed by atoms with Gasteiger partial charge in [-0.1, -0.05) is 25.1 Å². The largest absolute Gasteiger partial charge is 0.366 e. The SMILES string of the molecule is C[C@@H]1c2cccc3c2N(CCNC3)[C@@H]1C. The first-order valence-electron chi connectivity index (χ1n) is 5.88. The summed E-state index contributed by atoms with van der Waals surface area (Å²) in [6.07, 6.45) is 0. The van der Waals surface area contributed by atoms with Gasteiger partial charge in [0.25, 0.3) is 0 Å². The summed E-state index contributed by atoms with van der Waals surface area (Å²) in [6.45, 7) is 7.97. The minimum absolute atomic E-state index is 0.654. The smallest absolute Gasteiger partial charge is 0.0450 e. The quantitative estimate of drug-likeness (QED) is 0.693. The Kier molecular flexibility index (Phi) is 1.99. The fourth-order valence-corrected chi connectivity index (χ4v) is 2.94. The van der Waals surface area contributed by atoms with E-state index in [-0.39, 0.29) is 0 Å². The number of hydrogen-bond donors (Lipinski definition) is 1. The van der Waals surface area contributed by atoms with Gasteiger partial charge in [0, 0.05) is 37.3 Å². The molecular weight excluding hydrogens is 184 g/mol. The van der Waals surface area contributed by atoms with Crippen LogP contribution in [0.1, 0.15) is 30.9 Å².